The molecule has 0 bridgehead atoms. The summed E-state index contributed by atoms with van der Waals surface area (Å²) < 4.78 is 14.1. The fraction of sp³-hybridized carbons (Fsp3) is 0.167. The first-order valence-corrected chi connectivity index (χ1v) is 3.53. The lowest BCUT2D eigenvalue weighted by atomic mass is 10.7. The smallest absolute Gasteiger partial charge is 0.437 e. The lowest BCUT2D eigenvalue weighted by Crippen LogP contribution is -2.06. The maximum atomic E-state index is 10.5. The summed E-state index contributed by atoms with van der Waals surface area (Å²) in [5.74, 6) is 0.101. The van der Waals surface area contributed by atoms with Gasteiger partial charge in [-0.05, 0) is 22.0 Å². The Balaban J connectivity index is 2.57. The van der Waals surface area contributed by atoms with Crippen LogP contribution >= 0.6 is 15.9 Å². The normalized spacial score (nSPS) is 9.27. The van der Waals surface area contributed by atoms with Crippen molar-refractivity contribution in [3.05, 3.63) is 16.8 Å². The standard InChI is InChI=1S/C6H5BrO4/c1-9-6(8)11-5-3-2-4(7)10-5/h2-3H,1H3. The van der Waals surface area contributed by atoms with Crippen LogP contribution in [0, 0.1) is 0 Å². The second-order valence-corrected chi connectivity index (χ2v) is 2.40. The van der Waals surface area contributed by atoms with Crippen LogP contribution in [0.4, 0.5) is 4.79 Å². The van der Waals surface area contributed by atoms with Gasteiger partial charge in [-0.15, -0.1) is 0 Å². The van der Waals surface area contributed by atoms with Gasteiger partial charge in [0, 0.05) is 6.07 Å². The Labute approximate surface area is 71.2 Å². The third-order valence-corrected chi connectivity index (χ3v) is 1.33. The fourth-order valence-electron chi connectivity index (χ4n) is 0.476. The van der Waals surface area contributed by atoms with Crippen molar-refractivity contribution in [2.75, 3.05) is 7.11 Å². The molecule has 11 heavy (non-hydrogen) atoms. The monoisotopic (exact) mass is 220 g/mol. The number of carbonyl (C=O) groups is 1. The minimum absolute atomic E-state index is 0.101. The molecule has 0 aliphatic rings. The van der Waals surface area contributed by atoms with Gasteiger partial charge in [0.05, 0.1) is 7.11 Å². The van der Waals surface area contributed by atoms with Crippen molar-refractivity contribution in [2.45, 2.75) is 0 Å². The maximum Gasteiger partial charge on any atom is 0.516 e. The molecule has 0 aromatic carbocycles. The molecule has 0 saturated carbocycles. The summed E-state index contributed by atoms with van der Waals surface area (Å²) in [7, 11) is 1.22. The summed E-state index contributed by atoms with van der Waals surface area (Å²) in [5, 5.41) is 0. The van der Waals surface area contributed by atoms with Gasteiger partial charge in [-0.2, -0.15) is 0 Å². The molecule has 5 heteroatoms. The summed E-state index contributed by atoms with van der Waals surface area (Å²) >= 11 is 3.05. The number of furan rings is 1. The highest BCUT2D eigenvalue weighted by atomic mass is 79.9. The molecule has 60 valence electrons. The molecule has 1 heterocycles. The Hall–Kier alpha value is -0.970. The van der Waals surface area contributed by atoms with Crippen molar-refractivity contribution in [3.63, 3.8) is 0 Å². The minimum Gasteiger partial charge on any atom is -0.437 e. The summed E-state index contributed by atoms with van der Waals surface area (Å²) in [5.41, 5.74) is 0. The highest BCUT2D eigenvalue weighted by molar-refractivity contribution is 9.10. The van der Waals surface area contributed by atoms with E-state index in [2.05, 4.69) is 25.4 Å². The Morgan fingerprint density at radius 1 is 1.64 bits per heavy atom. The predicted molar refractivity (Wildman–Crippen MR) is 39.4 cm³/mol. The molecular formula is C6H5BrO4. The molecule has 0 N–H and O–H groups in total. The molecule has 1 rings (SSSR count). The summed E-state index contributed by atoms with van der Waals surface area (Å²) in [4.78, 5) is 10.5. The molecule has 0 amide bonds. The topological polar surface area (TPSA) is 48.7 Å². The van der Waals surface area contributed by atoms with E-state index in [1.165, 1.54) is 13.2 Å². The first-order valence-electron chi connectivity index (χ1n) is 2.73. The second kappa shape index (κ2) is 3.43. The lowest BCUT2D eigenvalue weighted by molar-refractivity contribution is 0.110. The van der Waals surface area contributed by atoms with Crippen LogP contribution in [0.3, 0.4) is 0 Å². The van der Waals surface area contributed by atoms with Gasteiger partial charge in [-0.25, -0.2) is 4.79 Å². The van der Waals surface area contributed by atoms with Gasteiger partial charge in [-0.3, -0.25) is 0 Å². The zero-order chi connectivity index (χ0) is 8.27. The molecule has 0 saturated heterocycles. The summed E-state index contributed by atoms with van der Waals surface area (Å²) in [6.07, 6.45) is -0.799. The lowest BCUT2D eigenvalue weighted by Gasteiger charge is -1.95. The molecule has 0 aliphatic heterocycles. The SMILES string of the molecule is COC(=O)Oc1ccc(Br)o1. The predicted octanol–water partition coefficient (Wildman–Crippen LogP) is 2.19. The van der Waals surface area contributed by atoms with Gasteiger partial charge < -0.3 is 13.9 Å². The van der Waals surface area contributed by atoms with Crippen LogP contribution < -0.4 is 4.74 Å². The van der Waals surface area contributed by atoms with Gasteiger partial charge in [0.15, 0.2) is 4.67 Å². The van der Waals surface area contributed by atoms with Crippen molar-refractivity contribution >= 4 is 22.1 Å². The first kappa shape index (κ1) is 8.13. The highest BCUT2D eigenvalue weighted by Crippen LogP contribution is 2.20. The fourth-order valence-corrected chi connectivity index (χ4v) is 0.768. The third kappa shape index (κ3) is 2.27. The molecule has 4 nitrogen and oxygen atoms in total. The van der Waals surface area contributed by atoms with Crippen LogP contribution in [0.2, 0.25) is 0 Å². The van der Waals surface area contributed by atoms with Crippen molar-refractivity contribution < 1.29 is 18.7 Å². The number of hydrogen-bond acceptors (Lipinski definition) is 4. The second-order valence-electron chi connectivity index (χ2n) is 1.61. The van der Waals surface area contributed by atoms with Crippen molar-refractivity contribution in [1.29, 1.82) is 0 Å². The van der Waals surface area contributed by atoms with E-state index < -0.39 is 6.16 Å². The number of halogens is 1. The number of carbonyl (C=O) groups excluding carboxylic acids is 1. The van der Waals surface area contributed by atoms with Crippen molar-refractivity contribution in [3.8, 4) is 5.95 Å². The number of ether oxygens (including phenoxy) is 2. The van der Waals surface area contributed by atoms with Gasteiger partial charge in [0.25, 0.3) is 5.95 Å². The average molecular weight is 221 g/mol. The minimum atomic E-state index is -0.799. The molecule has 1 aromatic rings. The molecule has 0 spiro atoms. The van der Waals surface area contributed by atoms with E-state index in [1.807, 2.05) is 0 Å². The molecule has 0 aliphatic carbocycles. The van der Waals surface area contributed by atoms with Crippen LogP contribution in [-0.4, -0.2) is 13.3 Å². The largest absolute Gasteiger partial charge is 0.516 e. The van der Waals surface area contributed by atoms with E-state index in [9.17, 15) is 4.79 Å². The maximum absolute atomic E-state index is 10.5. The van der Waals surface area contributed by atoms with E-state index in [0.29, 0.717) is 4.67 Å². The Bertz CT molecular complexity index is 255. The van der Waals surface area contributed by atoms with Crippen LogP contribution in [0.5, 0.6) is 5.95 Å². The molecule has 0 unspecified atom stereocenters. The van der Waals surface area contributed by atoms with Crippen LogP contribution in [-0.2, 0) is 4.74 Å². The highest BCUT2D eigenvalue weighted by Gasteiger charge is 2.06. The average Bonchev–Trinajstić information content (AvgIpc) is 2.35. The van der Waals surface area contributed by atoms with Gasteiger partial charge >= 0.3 is 6.16 Å². The third-order valence-electron chi connectivity index (χ3n) is 0.899. The van der Waals surface area contributed by atoms with E-state index in [0.717, 1.165) is 0 Å². The van der Waals surface area contributed by atoms with E-state index in [4.69, 9.17) is 4.42 Å². The van der Waals surface area contributed by atoms with E-state index in [1.54, 1.807) is 6.07 Å². The first-order chi connectivity index (χ1) is 5.22. The quantitative estimate of drug-likeness (QED) is 0.682. The Morgan fingerprint density at radius 2 is 2.36 bits per heavy atom. The molecule has 0 fully saturated rings. The Morgan fingerprint density at radius 3 is 2.82 bits per heavy atom. The van der Waals surface area contributed by atoms with Crippen LogP contribution in [0.15, 0.2) is 21.2 Å². The van der Waals surface area contributed by atoms with Crippen molar-refractivity contribution in [1.82, 2.24) is 0 Å². The van der Waals surface area contributed by atoms with Gasteiger partial charge in [0.1, 0.15) is 0 Å². The molecular weight excluding hydrogens is 216 g/mol. The summed E-state index contributed by atoms with van der Waals surface area (Å²) in [6, 6.07) is 3.11. The Kier molecular flexibility index (Phi) is 2.53. The zero-order valence-corrected chi connectivity index (χ0v) is 7.25. The van der Waals surface area contributed by atoms with Crippen LogP contribution in [0.1, 0.15) is 0 Å². The van der Waals surface area contributed by atoms with E-state index in [-0.39, 0.29) is 5.95 Å². The number of hydrogen-bond donors (Lipinski definition) is 0. The van der Waals surface area contributed by atoms with Crippen LogP contribution in [0.25, 0.3) is 0 Å². The number of methoxy groups -OCH3 is 1. The summed E-state index contributed by atoms with van der Waals surface area (Å²) in [6.45, 7) is 0. The van der Waals surface area contributed by atoms with Gasteiger partial charge in [0.2, 0.25) is 0 Å². The molecule has 0 radical (unpaired) electrons. The van der Waals surface area contributed by atoms with E-state index >= 15 is 0 Å². The number of rotatable bonds is 1. The van der Waals surface area contributed by atoms with Gasteiger partial charge in [-0.1, -0.05) is 0 Å². The van der Waals surface area contributed by atoms with Crippen molar-refractivity contribution in [2.24, 2.45) is 0 Å². The molecule has 1 aromatic heterocycles. The molecule has 0 atom stereocenters. The zero-order valence-electron chi connectivity index (χ0n) is 5.67.